The number of aliphatic imine (C=N–C) groups is 1. The second-order valence-electron chi connectivity index (χ2n) is 6.70. The molecule has 9 heteroatoms. The van der Waals surface area contributed by atoms with Crippen LogP contribution in [0.3, 0.4) is 0 Å². The number of benzene rings is 2. The van der Waals surface area contributed by atoms with Gasteiger partial charge in [-0.3, -0.25) is 14.9 Å². The molecular weight excluding hydrogens is 497 g/mol. The molecule has 0 saturated carbocycles. The number of nitro groups is 1. The lowest BCUT2D eigenvalue weighted by Crippen LogP contribution is -2.38. The Hall–Kier alpha value is -2.69. The molecular formula is C21H28IN5O3. The van der Waals surface area contributed by atoms with Gasteiger partial charge in [0.2, 0.25) is 0 Å². The van der Waals surface area contributed by atoms with Gasteiger partial charge in [0, 0.05) is 44.9 Å². The van der Waals surface area contributed by atoms with Crippen LogP contribution in [0.1, 0.15) is 28.4 Å². The zero-order chi connectivity index (χ0) is 21.2. The van der Waals surface area contributed by atoms with Crippen LogP contribution in [0, 0.1) is 10.1 Å². The fourth-order valence-corrected chi connectivity index (χ4v) is 2.68. The fourth-order valence-electron chi connectivity index (χ4n) is 2.68. The molecule has 0 unspecified atom stereocenters. The maximum atomic E-state index is 12.1. The van der Waals surface area contributed by atoms with Gasteiger partial charge in [0.25, 0.3) is 11.6 Å². The minimum absolute atomic E-state index is 0. The summed E-state index contributed by atoms with van der Waals surface area (Å²) in [6.07, 6.45) is 0.747. The molecule has 2 aromatic carbocycles. The lowest BCUT2D eigenvalue weighted by molar-refractivity contribution is -0.384. The summed E-state index contributed by atoms with van der Waals surface area (Å²) in [6.45, 7) is 3.78. The monoisotopic (exact) mass is 525 g/mol. The van der Waals surface area contributed by atoms with E-state index in [1.54, 1.807) is 31.1 Å². The molecule has 2 rings (SSSR count). The maximum Gasteiger partial charge on any atom is 0.269 e. The first-order valence-corrected chi connectivity index (χ1v) is 9.46. The fraction of sp³-hybridized carbons (Fsp3) is 0.333. The van der Waals surface area contributed by atoms with E-state index in [-0.39, 0.29) is 35.6 Å². The molecule has 0 atom stereocenters. The van der Waals surface area contributed by atoms with Crippen LogP contribution in [0.2, 0.25) is 0 Å². The Kier molecular flexibility index (Phi) is 10.8. The summed E-state index contributed by atoms with van der Waals surface area (Å²) >= 11 is 0. The maximum absolute atomic E-state index is 12.1. The number of guanidine groups is 1. The minimum atomic E-state index is -0.417. The number of carbonyl (C=O) groups is 1. The van der Waals surface area contributed by atoms with Gasteiger partial charge in [0.05, 0.1) is 11.5 Å². The summed E-state index contributed by atoms with van der Waals surface area (Å²) in [6, 6.07) is 14.0. The van der Waals surface area contributed by atoms with Crippen molar-refractivity contribution in [2.45, 2.75) is 19.9 Å². The van der Waals surface area contributed by atoms with Crippen LogP contribution in [0.15, 0.2) is 53.5 Å². The summed E-state index contributed by atoms with van der Waals surface area (Å²) in [4.78, 5) is 28.5. The number of carbonyl (C=O) groups excluding carboxylic acids is 1. The van der Waals surface area contributed by atoms with Gasteiger partial charge in [-0.15, -0.1) is 24.0 Å². The molecule has 0 heterocycles. The number of nitro benzene ring substituents is 1. The van der Waals surface area contributed by atoms with Crippen LogP contribution >= 0.6 is 24.0 Å². The van der Waals surface area contributed by atoms with E-state index in [1.165, 1.54) is 12.1 Å². The van der Waals surface area contributed by atoms with Gasteiger partial charge >= 0.3 is 0 Å². The summed E-state index contributed by atoms with van der Waals surface area (Å²) in [7, 11) is 3.47. The molecule has 2 aromatic rings. The summed E-state index contributed by atoms with van der Waals surface area (Å²) in [5, 5.41) is 17.2. The minimum Gasteiger partial charge on any atom is -0.357 e. The van der Waals surface area contributed by atoms with Crippen molar-refractivity contribution in [3.8, 4) is 0 Å². The van der Waals surface area contributed by atoms with E-state index < -0.39 is 4.92 Å². The van der Waals surface area contributed by atoms with Gasteiger partial charge in [0.1, 0.15) is 0 Å². The van der Waals surface area contributed by atoms with Crippen molar-refractivity contribution in [2.75, 3.05) is 27.2 Å². The van der Waals surface area contributed by atoms with Gasteiger partial charge in [-0.05, 0) is 36.6 Å². The second-order valence-corrected chi connectivity index (χ2v) is 6.70. The summed E-state index contributed by atoms with van der Waals surface area (Å²) < 4.78 is 0. The third kappa shape index (κ3) is 7.97. The molecule has 2 N–H and O–H groups in total. The van der Waals surface area contributed by atoms with Crippen LogP contribution in [-0.2, 0) is 13.0 Å². The quantitative estimate of drug-likeness (QED) is 0.181. The molecule has 0 spiro atoms. The Morgan fingerprint density at radius 2 is 1.80 bits per heavy atom. The highest BCUT2D eigenvalue weighted by Crippen LogP contribution is 2.12. The first kappa shape index (κ1) is 25.3. The number of hydrogen-bond acceptors (Lipinski definition) is 4. The van der Waals surface area contributed by atoms with E-state index in [9.17, 15) is 14.9 Å². The van der Waals surface area contributed by atoms with Crippen molar-refractivity contribution in [3.63, 3.8) is 0 Å². The molecule has 0 bridgehead atoms. The van der Waals surface area contributed by atoms with Crippen LogP contribution in [0.4, 0.5) is 5.69 Å². The van der Waals surface area contributed by atoms with E-state index >= 15 is 0 Å². The molecule has 0 aliphatic rings. The van der Waals surface area contributed by atoms with Crippen molar-refractivity contribution >= 4 is 41.5 Å². The largest absolute Gasteiger partial charge is 0.357 e. The van der Waals surface area contributed by atoms with E-state index in [2.05, 4.69) is 15.6 Å². The average Bonchev–Trinajstić information content (AvgIpc) is 2.72. The molecule has 30 heavy (non-hydrogen) atoms. The van der Waals surface area contributed by atoms with Gasteiger partial charge in [-0.25, -0.2) is 4.99 Å². The van der Waals surface area contributed by atoms with E-state index in [0.29, 0.717) is 24.6 Å². The predicted molar refractivity (Wildman–Crippen MR) is 129 cm³/mol. The topological polar surface area (TPSA) is 99.9 Å². The van der Waals surface area contributed by atoms with E-state index in [4.69, 9.17) is 0 Å². The number of rotatable bonds is 8. The molecule has 0 aliphatic heterocycles. The van der Waals surface area contributed by atoms with Crippen LogP contribution in [0.5, 0.6) is 0 Å². The van der Waals surface area contributed by atoms with Gasteiger partial charge in [-0.1, -0.05) is 24.3 Å². The average molecular weight is 525 g/mol. The third-order valence-corrected chi connectivity index (χ3v) is 4.20. The Morgan fingerprint density at radius 1 is 1.10 bits per heavy atom. The number of non-ortho nitro benzene ring substituents is 1. The first-order chi connectivity index (χ1) is 13.9. The molecule has 0 fully saturated rings. The van der Waals surface area contributed by atoms with Crippen molar-refractivity contribution in [1.82, 2.24) is 15.5 Å². The predicted octanol–water partition coefficient (Wildman–Crippen LogP) is 3.21. The zero-order valence-electron chi connectivity index (χ0n) is 17.4. The highest BCUT2D eigenvalue weighted by atomic mass is 127. The third-order valence-electron chi connectivity index (χ3n) is 4.20. The highest BCUT2D eigenvalue weighted by molar-refractivity contribution is 14.0. The zero-order valence-corrected chi connectivity index (χ0v) is 19.8. The van der Waals surface area contributed by atoms with E-state index in [1.807, 2.05) is 31.2 Å². The molecule has 162 valence electrons. The number of amides is 1. The SMILES string of the molecule is CCNC(=NCc1ccc([N+](=O)[O-])cc1)NCCc1cccc(C(=O)N(C)C)c1.I. The number of nitrogens with one attached hydrogen (secondary N) is 2. The molecule has 1 amide bonds. The Bertz CT molecular complexity index is 869. The lowest BCUT2D eigenvalue weighted by atomic mass is 10.1. The van der Waals surface area contributed by atoms with Crippen molar-refractivity contribution < 1.29 is 9.72 Å². The number of halogens is 1. The highest BCUT2D eigenvalue weighted by Gasteiger charge is 2.08. The van der Waals surface area contributed by atoms with E-state index in [0.717, 1.165) is 24.1 Å². The Morgan fingerprint density at radius 3 is 2.40 bits per heavy atom. The van der Waals surface area contributed by atoms with Crippen molar-refractivity contribution in [3.05, 3.63) is 75.3 Å². The first-order valence-electron chi connectivity index (χ1n) is 9.46. The van der Waals surface area contributed by atoms with Crippen molar-refractivity contribution in [2.24, 2.45) is 4.99 Å². The molecule has 8 nitrogen and oxygen atoms in total. The van der Waals surface area contributed by atoms with Crippen LogP contribution < -0.4 is 10.6 Å². The Balaban J connectivity index is 0.00000450. The van der Waals surface area contributed by atoms with Crippen LogP contribution in [0.25, 0.3) is 0 Å². The molecule has 0 radical (unpaired) electrons. The molecule has 0 saturated heterocycles. The number of hydrogen-bond donors (Lipinski definition) is 2. The smallest absolute Gasteiger partial charge is 0.269 e. The van der Waals surface area contributed by atoms with Gasteiger partial charge in [-0.2, -0.15) is 0 Å². The standard InChI is InChI=1S/C21H27N5O3.HI/c1-4-22-21(24-15-17-8-10-19(11-9-17)26(28)29)23-13-12-16-6-5-7-18(14-16)20(27)25(2)3;/h5-11,14H,4,12-13,15H2,1-3H3,(H2,22,23,24);1H. The Labute approximate surface area is 193 Å². The molecule has 0 aromatic heterocycles. The summed E-state index contributed by atoms with van der Waals surface area (Å²) in [5.74, 6) is 0.657. The van der Waals surface area contributed by atoms with Crippen molar-refractivity contribution in [1.29, 1.82) is 0 Å². The number of nitrogens with zero attached hydrogens (tertiary/aromatic N) is 3. The van der Waals surface area contributed by atoms with Crippen LogP contribution in [-0.4, -0.2) is 48.9 Å². The van der Waals surface area contributed by atoms with Gasteiger partial charge in [0.15, 0.2) is 5.96 Å². The normalized spacial score (nSPS) is 10.7. The summed E-state index contributed by atoms with van der Waals surface area (Å²) in [5.41, 5.74) is 2.70. The van der Waals surface area contributed by atoms with Gasteiger partial charge < -0.3 is 15.5 Å². The second kappa shape index (κ2) is 12.8. The lowest BCUT2D eigenvalue weighted by Gasteiger charge is -2.13. The molecule has 0 aliphatic carbocycles.